The van der Waals surface area contributed by atoms with Crippen LogP contribution in [-0.4, -0.2) is 51.1 Å². The molecule has 1 aromatic heterocycles. The number of fused-ring (bicyclic) bond motifs is 1. The minimum atomic E-state index is -2.17. The van der Waals surface area contributed by atoms with Crippen molar-refractivity contribution in [2.24, 2.45) is 0 Å². The standard InChI is InChI=1S/C31H34N2O7/c34-26-15-13-24(25-14-16-28(36)33-29(25)26)27(35)20-32-17-6-1-2-7-18-40-23-12-8-11-22(19-23)31(39,30(37)38)21-9-4-3-5-10-21/h3-5,8-16,19,27,32,34-35,39H,1-2,6-7,17-18,20H2,(H,33,36)(H,37,38)/t27-,31+/m0/s1. The van der Waals surface area contributed by atoms with Crippen molar-refractivity contribution in [3.63, 3.8) is 0 Å². The summed E-state index contributed by atoms with van der Waals surface area (Å²) >= 11 is 0. The molecule has 0 radical (unpaired) electrons. The van der Waals surface area contributed by atoms with Gasteiger partial charge in [0.2, 0.25) is 11.2 Å². The second-order valence-corrected chi connectivity index (χ2v) is 9.68. The molecule has 0 aliphatic carbocycles. The first-order valence-corrected chi connectivity index (χ1v) is 13.3. The molecule has 0 bridgehead atoms. The van der Waals surface area contributed by atoms with Crippen molar-refractivity contribution in [1.82, 2.24) is 10.3 Å². The molecule has 0 saturated heterocycles. The van der Waals surface area contributed by atoms with Crippen molar-refractivity contribution in [3.05, 3.63) is 106 Å². The van der Waals surface area contributed by atoms with E-state index in [1.807, 2.05) is 0 Å². The maximum Gasteiger partial charge on any atom is 0.345 e. The zero-order valence-corrected chi connectivity index (χ0v) is 22.0. The van der Waals surface area contributed by atoms with E-state index in [1.54, 1.807) is 66.7 Å². The van der Waals surface area contributed by atoms with Gasteiger partial charge in [-0.1, -0.05) is 61.4 Å². The number of H-pyrrole nitrogens is 1. The van der Waals surface area contributed by atoms with Crippen LogP contribution in [0.4, 0.5) is 0 Å². The molecule has 0 spiro atoms. The number of aliphatic hydroxyl groups excluding tert-OH is 1. The lowest BCUT2D eigenvalue weighted by Crippen LogP contribution is -2.36. The molecule has 0 saturated carbocycles. The number of carbonyl (C=O) groups is 1. The number of carboxylic acid groups (broad SMARTS) is 1. The van der Waals surface area contributed by atoms with Crippen LogP contribution in [0.15, 0.2) is 83.7 Å². The summed E-state index contributed by atoms with van der Waals surface area (Å²) < 4.78 is 5.82. The number of aliphatic hydroxyl groups is 2. The largest absolute Gasteiger partial charge is 0.506 e. The van der Waals surface area contributed by atoms with Gasteiger partial charge in [-0.05, 0) is 54.8 Å². The summed E-state index contributed by atoms with van der Waals surface area (Å²) in [6.45, 7) is 1.52. The number of rotatable bonds is 14. The van der Waals surface area contributed by atoms with Crippen LogP contribution in [0.25, 0.3) is 10.9 Å². The van der Waals surface area contributed by atoms with E-state index < -0.39 is 17.7 Å². The number of phenols is 1. The van der Waals surface area contributed by atoms with Gasteiger partial charge in [-0.25, -0.2) is 4.79 Å². The number of benzene rings is 3. The fourth-order valence-electron chi connectivity index (χ4n) is 4.70. The van der Waals surface area contributed by atoms with E-state index in [-0.39, 0.29) is 22.4 Å². The van der Waals surface area contributed by atoms with Crippen LogP contribution in [0.1, 0.15) is 48.5 Å². The fraction of sp³-hybridized carbons (Fsp3) is 0.290. The van der Waals surface area contributed by atoms with Gasteiger partial charge in [0.1, 0.15) is 11.5 Å². The van der Waals surface area contributed by atoms with Crippen LogP contribution in [0.3, 0.4) is 0 Å². The first-order valence-electron chi connectivity index (χ1n) is 13.3. The van der Waals surface area contributed by atoms with Crippen molar-refractivity contribution in [1.29, 1.82) is 0 Å². The van der Waals surface area contributed by atoms with Crippen molar-refractivity contribution in [2.45, 2.75) is 37.4 Å². The van der Waals surface area contributed by atoms with Crippen molar-refractivity contribution in [3.8, 4) is 11.5 Å². The van der Waals surface area contributed by atoms with E-state index in [9.17, 15) is 30.0 Å². The van der Waals surface area contributed by atoms with E-state index in [0.717, 1.165) is 32.2 Å². The molecule has 9 nitrogen and oxygen atoms in total. The monoisotopic (exact) mass is 546 g/mol. The molecule has 0 aliphatic rings. The van der Waals surface area contributed by atoms with Gasteiger partial charge in [0.15, 0.2) is 0 Å². The topological polar surface area (TPSA) is 152 Å². The van der Waals surface area contributed by atoms with E-state index in [4.69, 9.17) is 4.74 Å². The first kappa shape index (κ1) is 28.8. The molecule has 0 amide bonds. The van der Waals surface area contributed by atoms with Crippen molar-refractivity contribution in [2.75, 3.05) is 19.7 Å². The number of hydrogen-bond acceptors (Lipinski definition) is 7. The van der Waals surface area contributed by atoms with Crippen LogP contribution in [0.5, 0.6) is 11.5 Å². The number of phenolic OH excluding ortho intramolecular Hbond substituents is 1. The average Bonchev–Trinajstić information content (AvgIpc) is 2.96. The third-order valence-electron chi connectivity index (χ3n) is 6.87. The first-order chi connectivity index (χ1) is 19.3. The van der Waals surface area contributed by atoms with E-state index >= 15 is 0 Å². The molecule has 210 valence electrons. The molecular weight excluding hydrogens is 512 g/mol. The van der Waals surface area contributed by atoms with Crippen LogP contribution in [0.2, 0.25) is 0 Å². The molecular formula is C31H34N2O7. The van der Waals surface area contributed by atoms with Crippen LogP contribution in [-0.2, 0) is 10.4 Å². The highest BCUT2D eigenvalue weighted by molar-refractivity contribution is 5.87. The Morgan fingerprint density at radius 3 is 2.45 bits per heavy atom. The number of aromatic amines is 1. The van der Waals surface area contributed by atoms with Gasteiger partial charge in [0.25, 0.3) is 0 Å². The SMILES string of the molecule is O=C(O)[C@@](O)(c1ccccc1)c1cccc(OCCCCCCNC[C@H](O)c2ccc(O)c3[nH]c(=O)ccc23)c1. The van der Waals surface area contributed by atoms with Gasteiger partial charge in [-0.2, -0.15) is 0 Å². The second-order valence-electron chi connectivity index (χ2n) is 9.68. The van der Waals surface area contributed by atoms with Gasteiger partial charge < -0.3 is 35.5 Å². The Morgan fingerprint density at radius 1 is 0.925 bits per heavy atom. The summed E-state index contributed by atoms with van der Waals surface area (Å²) in [7, 11) is 0. The number of hydrogen-bond donors (Lipinski definition) is 6. The maximum absolute atomic E-state index is 12.0. The summed E-state index contributed by atoms with van der Waals surface area (Å²) in [5.74, 6) is -0.901. The number of unbranched alkanes of at least 4 members (excludes halogenated alkanes) is 3. The average molecular weight is 547 g/mol. The predicted octanol–water partition coefficient (Wildman–Crippen LogP) is 3.82. The molecule has 0 unspecified atom stereocenters. The number of aromatic hydroxyl groups is 1. The zero-order valence-electron chi connectivity index (χ0n) is 22.0. The molecule has 6 N–H and O–H groups in total. The molecule has 0 aliphatic heterocycles. The molecule has 1 heterocycles. The van der Waals surface area contributed by atoms with Crippen LogP contribution in [0, 0.1) is 0 Å². The van der Waals surface area contributed by atoms with Gasteiger partial charge >= 0.3 is 5.97 Å². The smallest absolute Gasteiger partial charge is 0.345 e. The molecule has 9 heteroatoms. The number of aliphatic carboxylic acids is 1. The summed E-state index contributed by atoms with van der Waals surface area (Å²) in [5.41, 5.74) is -1.05. The van der Waals surface area contributed by atoms with Gasteiger partial charge in [-0.15, -0.1) is 0 Å². The lowest BCUT2D eigenvalue weighted by atomic mass is 9.86. The van der Waals surface area contributed by atoms with E-state index in [0.29, 0.717) is 35.4 Å². The van der Waals surface area contributed by atoms with E-state index in [2.05, 4.69) is 10.3 Å². The number of nitrogens with one attached hydrogen (secondary N) is 2. The Hall–Kier alpha value is -4.18. The van der Waals surface area contributed by atoms with Gasteiger partial charge in [0, 0.05) is 23.6 Å². The molecule has 40 heavy (non-hydrogen) atoms. The lowest BCUT2D eigenvalue weighted by molar-refractivity contribution is -0.155. The Balaban J connectivity index is 1.18. The Bertz CT molecular complexity index is 1490. The minimum Gasteiger partial charge on any atom is -0.506 e. The number of carboxylic acids is 1. The third-order valence-corrected chi connectivity index (χ3v) is 6.87. The zero-order chi connectivity index (χ0) is 28.5. The highest BCUT2D eigenvalue weighted by atomic mass is 16.5. The predicted molar refractivity (Wildman–Crippen MR) is 152 cm³/mol. The maximum atomic E-state index is 12.0. The Morgan fingerprint density at radius 2 is 1.68 bits per heavy atom. The normalized spacial score (nSPS) is 13.6. The summed E-state index contributed by atoms with van der Waals surface area (Å²) in [5, 5.41) is 45.3. The lowest BCUT2D eigenvalue weighted by Gasteiger charge is -2.25. The quantitative estimate of drug-likeness (QED) is 0.131. The van der Waals surface area contributed by atoms with Gasteiger partial charge in [-0.3, -0.25) is 4.79 Å². The second kappa shape index (κ2) is 13.3. The number of pyridine rings is 1. The summed E-state index contributed by atoms with van der Waals surface area (Å²) in [4.78, 5) is 26.2. The third kappa shape index (κ3) is 6.69. The molecule has 2 atom stereocenters. The summed E-state index contributed by atoms with van der Waals surface area (Å²) in [6, 6.07) is 20.9. The molecule has 4 rings (SSSR count). The van der Waals surface area contributed by atoms with Crippen molar-refractivity contribution < 1.29 is 30.0 Å². The van der Waals surface area contributed by atoms with Gasteiger partial charge in [0.05, 0.1) is 18.2 Å². The molecule has 3 aromatic carbocycles. The van der Waals surface area contributed by atoms with Crippen LogP contribution < -0.4 is 15.6 Å². The Kier molecular flexibility index (Phi) is 9.55. The molecule has 4 aromatic rings. The Labute approximate surface area is 231 Å². The fourth-order valence-corrected chi connectivity index (χ4v) is 4.70. The molecule has 0 fully saturated rings. The number of ether oxygens (including phenoxy) is 1. The van der Waals surface area contributed by atoms with Crippen LogP contribution >= 0.6 is 0 Å². The van der Waals surface area contributed by atoms with E-state index in [1.165, 1.54) is 12.1 Å². The number of aromatic nitrogens is 1. The van der Waals surface area contributed by atoms with Crippen molar-refractivity contribution >= 4 is 16.9 Å². The highest BCUT2D eigenvalue weighted by Crippen LogP contribution is 2.32. The minimum absolute atomic E-state index is 0.0396. The summed E-state index contributed by atoms with van der Waals surface area (Å²) in [6.07, 6.45) is 2.82. The highest BCUT2D eigenvalue weighted by Gasteiger charge is 2.40.